The highest BCUT2D eigenvalue weighted by atomic mass is 35.5. The van der Waals surface area contributed by atoms with Crippen LogP contribution in [0.4, 0.5) is 15.2 Å². The van der Waals surface area contributed by atoms with Crippen molar-refractivity contribution in [2.75, 3.05) is 16.2 Å². The zero-order chi connectivity index (χ0) is 21.3. The Morgan fingerprint density at radius 3 is 2.67 bits per heavy atom. The van der Waals surface area contributed by atoms with Gasteiger partial charge < -0.3 is 9.64 Å². The van der Waals surface area contributed by atoms with Crippen molar-refractivity contribution in [1.82, 2.24) is 4.98 Å². The number of nitrogens with zero attached hydrogens (tertiary/aromatic N) is 2. The third-order valence-corrected chi connectivity index (χ3v) is 6.90. The summed E-state index contributed by atoms with van der Waals surface area (Å²) in [5.74, 6) is -0.536. The fourth-order valence-corrected chi connectivity index (χ4v) is 4.95. The minimum Gasteiger partial charge on any atom is -0.480 e. The van der Waals surface area contributed by atoms with Crippen LogP contribution in [0.2, 0.25) is 5.02 Å². The predicted octanol–water partition coefficient (Wildman–Crippen LogP) is 3.92. The molecule has 7 nitrogen and oxygen atoms in total. The molecule has 1 atom stereocenters. The van der Waals surface area contributed by atoms with E-state index in [9.17, 15) is 17.6 Å². The van der Waals surface area contributed by atoms with Gasteiger partial charge in [0.2, 0.25) is 0 Å². The number of anilines is 2. The van der Waals surface area contributed by atoms with Crippen LogP contribution in [0.5, 0.6) is 5.75 Å². The number of amides is 1. The number of hydrogen-bond donors (Lipinski definition) is 1. The Bertz CT molecular complexity index is 1170. The van der Waals surface area contributed by atoms with E-state index in [1.54, 1.807) is 17.5 Å². The van der Waals surface area contributed by atoms with E-state index in [0.29, 0.717) is 24.4 Å². The van der Waals surface area contributed by atoms with E-state index in [1.807, 2.05) is 0 Å². The first kappa shape index (κ1) is 20.6. The third kappa shape index (κ3) is 4.25. The first-order chi connectivity index (χ1) is 14.3. The quantitative estimate of drug-likeness (QED) is 0.593. The molecule has 1 aromatic heterocycles. The maximum absolute atomic E-state index is 13.3. The van der Waals surface area contributed by atoms with Gasteiger partial charge in [0.1, 0.15) is 11.6 Å². The fourth-order valence-electron chi connectivity index (χ4n) is 2.99. The summed E-state index contributed by atoms with van der Waals surface area (Å²) in [4.78, 5) is 18.2. The number of rotatable bonds is 6. The van der Waals surface area contributed by atoms with Crippen molar-refractivity contribution in [2.45, 2.75) is 17.4 Å². The van der Waals surface area contributed by atoms with E-state index in [1.165, 1.54) is 52.8 Å². The van der Waals surface area contributed by atoms with Gasteiger partial charge >= 0.3 is 0 Å². The van der Waals surface area contributed by atoms with E-state index < -0.39 is 21.9 Å². The molecule has 30 heavy (non-hydrogen) atoms. The van der Waals surface area contributed by atoms with Gasteiger partial charge in [-0.1, -0.05) is 11.6 Å². The number of hydrogen-bond acceptors (Lipinski definition) is 6. The summed E-state index contributed by atoms with van der Waals surface area (Å²) in [5, 5.41) is 1.85. The highest BCUT2D eigenvalue weighted by Gasteiger charge is 2.34. The van der Waals surface area contributed by atoms with Gasteiger partial charge in [-0.25, -0.2) is 17.8 Å². The number of benzene rings is 2. The molecular weight excluding hydrogens is 453 g/mol. The summed E-state index contributed by atoms with van der Waals surface area (Å²) in [6.45, 7) is 0.405. The number of halogens is 2. The van der Waals surface area contributed by atoms with Crippen molar-refractivity contribution in [3.05, 3.63) is 64.9 Å². The minimum absolute atomic E-state index is 0.0573. The van der Waals surface area contributed by atoms with E-state index >= 15 is 0 Å². The molecular formula is C19H15ClFN3O4S2. The van der Waals surface area contributed by atoms with E-state index in [0.717, 1.165) is 0 Å². The Balaban J connectivity index is 1.45. The zero-order valence-electron chi connectivity index (χ0n) is 15.3. The Morgan fingerprint density at radius 1 is 1.23 bits per heavy atom. The second-order valence-electron chi connectivity index (χ2n) is 6.40. The molecule has 1 fully saturated rings. The lowest BCUT2D eigenvalue weighted by molar-refractivity contribution is -0.122. The molecule has 11 heteroatoms. The number of sulfonamides is 1. The van der Waals surface area contributed by atoms with Crippen LogP contribution in [0.25, 0.3) is 0 Å². The number of thiazole rings is 1. The highest BCUT2D eigenvalue weighted by Crippen LogP contribution is 2.28. The molecule has 1 saturated heterocycles. The monoisotopic (exact) mass is 467 g/mol. The summed E-state index contributed by atoms with van der Waals surface area (Å²) < 4.78 is 46.2. The van der Waals surface area contributed by atoms with Gasteiger partial charge in [-0.3, -0.25) is 9.52 Å². The summed E-state index contributed by atoms with van der Waals surface area (Å²) in [7, 11) is -3.77. The number of ether oxygens (including phenoxy) is 1. The van der Waals surface area contributed by atoms with Crippen molar-refractivity contribution in [3.63, 3.8) is 0 Å². The SMILES string of the molecule is O=C1C(Oc2ccc(F)c(Cl)c2)CCN1c1ccc(S(=O)(=O)Nc2nccs2)cc1. The molecule has 1 aliphatic rings. The van der Waals surface area contributed by atoms with Crippen molar-refractivity contribution >= 4 is 49.7 Å². The van der Waals surface area contributed by atoms with Crippen LogP contribution >= 0.6 is 22.9 Å². The molecule has 1 N–H and O–H groups in total. The number of carbonyl (C=O) groups excluding carboxylic acids is 1. The van der Waals surface area contributed by atoms with Gasteiger partial charge in [0.05, 0.1) is 9.92 Å². The fraction of sp³-hybridized carbons (Fsp3) is 0.158. The van der Waals surface area contributed by atoms with Gasteiger partial charge in [0.15, 0.2) is 11.2 Å². The Morgan fingerprint density at radius 2 is 2.00 bits per heavy atom. The molecule has 0 aliphatic carbocycles. The molecule has 1 amide bonds. The van der Waals surface area contributed by atoms with Crippen molar-refractivity contribution < 1.29 is 22.3 Å². The van der Waals surface area contributed by atoms with Gasteiger partial charge in [0, 0.05) is 36.3 Å². The maximum Gasteiger partial charge on any atom is 0.268 e. The average molecular weight is 468 g/mol. The lowest BCUT2D eigenvalue weighted by Crippen LogP contribution is -2.32. The van der Waals surface area contributed by atoms with Crippen LogP contribution < -0.4 is 14.4 Å². The standard InChI is InChI=1S/C19H15ClFN3O4S2/c20-15-11-13(3-6-16(15)21)28-17-7-9-24(18(17)25)12-1-4-14(5-2-12)30(26,27)23-19-22-8-10-29-19/h1-6,8,10-11,17H,7,9H2,(H,22,23). The van der Waals surface area contributed by atoms with Crippen molar-refractivity contribution in [1.29, 1.82) is 0 Å². The second-order valence-corrected chi connectivity index (χ2v) is 9.38. The topological polar surface area (TPSA) is 88.6 Å². The molecule has 0 bridgehead atoms. The molecule has 1 unspecified atom stereocenters. The summed E-state index contributed by atoms with van der Waals surface area (Å²) in [6.07, 6.45) is 1.20. The van der Waals surface area contributed by atoms with Crippen LogP contribution in [0.3, 0.4) is 0 Å². The first-order valence-corrected chi connectivity index (χ1v) is 11.5. The summed E-state index contributed by atoms with van der Waals surface area (Å²) >= 11 is 6.92. The zero-order valence-corrected chi connectivity index (χ0v) is 17.7. The van der Waals surface area contributed by atoms with Crippen molar-refractivity contribution in [3.8, 4) is 5.75 Å². The average Bonchev–Trinajstić information content (AvgIpc) is 3.35. The van der Waals surface area contributed by atoms with E-state index in [4.69, 9.17) is 16.3 Å². The largest absolute Gasteiger partial charge is 0.480 e. The van der Waals surface area contributed by atoms with Crippen molar-refractivity contribution in [2.24, 2.45) is 0 Å². The molecule has 0 radical (unpaired) electrons. The molecule has 3 aromatic rings. The normalized spacial score (nSPS) is 16.7. The Hall–Kier alpha value is -2.69. The van der Waals surface area contributed by atoms with Gasteiger partial charge in [-0.2, -0.15) is 0 Å². The predicted molar refractivity (Wildman–Crippen MR) is 112 cm³/mol. The molecule has 2 aromatic carbocycles. The smallest absolute Gasteiger partial charge is 0.268 e. The molecule has 1 aliphatic heterocycles. The van der Waals surface area contributed by atoms with Gasteiger partial charge in [0.25, 0.3) is 15.9 Å². The van der Waals surface area contributed by atoms with Crippen LogP contribution in [0, 0.1) is 5.82 Å². The van der Waals surface area contributed by atoms with Gasteiger partial charge in [-0.05, 0) is 36.4 Å². The molecule has 0 saturated carbocycles. The first-order valence-electron chi connectivity index (χ1n) is 8.79. The number of carbonyl (C=O) groups is 1. The number of aromatic nitrogens is 1. The second kappa shape index (κ2) is 8.21. The lowest BCUT2D eigenvalue weighted by atomic mass is 10.3. The molecule has 0 spiro atoms. The van der Waals surface area contributed by atoms with Crippen LogP contribution in [0.1, 0.15) is 6.42 Å². The summed E-state index contributed by atoms with van der Waals surface area (Å²) in [6, 6.07) is 9.87. The Labute approximate surface area is 181 Å². The van der Waals surface area contributed by atoms with Crippen LogP contribution in [-0.4, -0.2) is 32.0 Å². The van der Waals surface area contributed by atoms with Gasteiger partial charge in [-0.15, -0.1) is 11.3 Å². The maximum atomic E-state index is 13.3. The van der Waals surface area contributed by atoms with E-state index in [2.05, 4.69) is 9.71 Å². The summed E-state index contributed by atoms with van der Waals surface area (Å²) in [5.41, 5.74) is 0.552. The lowest BCUT2D eigenvalue weighted by Gasteiger charge is -2.18. The third-order valence-electron chi connectivity index (χ3n) is 4.44. The number of nitrogens with one attached hydrogen (secondary N) is 1. The van der Waals surface area contributed by atoms with E-state index in [-0.39, 0.29) is 21.0 Å². The highest BCUT2D eigenvalue weighted by molar-refractivity contribution is 7.93. The molecule has 4 rings (SSSR count). The van der Waals surface area contributed by atoms with Crippen LogP contribution in [0.15, 0.2) is 58.9 Å². The minimum atomic E-state index is -3.77. The Kier molecular flexibility index (Phi) is 5.63. The molecule has 2 heterocycles. The molecule has 156 valence electrons. The van der Waals surface area contributed by atoms with Crippen LogP contribution in [-0.2, 0) is 14.8 Å².